The molecular formula is C13H17ClFN3O. The zero-order chi connectivity index (χ0) is 13.0. The number of benzene rings is 1. The summed E-state index contributed by atoms with van der Waals surface area (Å²) in [6, 6.07) is 7.13. The summed E-state index contributed by atoms with van der Waals surface area (Å²) >= 11 is 0. The molecule has 104 valence electrons. The summed E-state index contributed by atoms with van der Waals surface area (Å²) in [4.78, 5) is 0. The number of hydrogen-bond donors (Lipinski definition) is 2. The standard InChI is InChI=1S/C13H16FN3O.ClH/c1-10-9-17(7-6-14)16-13(10)15-8-11-4-2-3-5-12(11)18;/h2-5,9,18H,6-8H2,1H3,(H,15,16);1H. The first-order chi connectivity index (χ1) is 8.70. The third-order valence-electron chi connectivity index (χ3n) is 2.70. The topological polar surface area (TPSA) is 50.1 Å². The number of nitrogens with one attached hydrogen (secondary N) is 1. The summed E-state index contributed by atoms with van der Waals surface area (Å²) in [5, 5.41) is 17.0. The molecule has 6 heteroatoms. The Morgan fingerprint density at radius 1 is 1.37 bits per heavy atom. The van der Waals surface area contributed by atoms with Gasteiger partial charge in [0.05, 0.1) is 6.54 Å². The van der Waals surface area contributed by atoms with Gasteiger partial charge in [0, 0.05) is 23.9 Å². The van der Waals surface area contributed by atoms with Gasteiger partial charge in [-0.2, -0.15) is 5.10 Å². The summed E-state index contributed by atoms with van der Waals surface area (Å²) in [5.41, 5.74) is 1.76. The van der Waals surface area contributed by atoms with Crippen LogP contribution in [0.5, 0.6) is 5.75 Å². The summed E-state index contributed by atoms with van der Waals surface area (Å²) in [5.74, 6) is 0.970. The Labute approximate surface area is 117 Å². The second-order valence-corrected chi connectivity index (χ2v) is 4.10. The molecule has 0 unspecified atom stereocenters. The van der Waals surface area contributed by atoms with E-state index in [1.165, 1.54) is 0 Å². The number of aryl methyl sites for hydroxylation is 2. The van der Waals surface area contributed by atoms with Gasteiger partial charge in [-0.1, -0.05) is 18.2 Å². The van der Waals surface area contributed by atoms with Crippen LogP contribution in [0.1, 0.15) is 11.1 Å². The van der Waals surface area contributed by atoms with Crippen molar-refractivity contribution < 1.29 is 9.50 Å². The van der Waals surface area contributed by atoms with Crippen LogP contribution in [0.15, 0.2) is 30.5 Å². The summed E-state index contributed by atoms with van der Waals surface area (Å²) in [6.45, 7) is 2.23. The van der Waals surface area contributed by atoms with Gasteiger partial charge in [0.2, 0.25) is 0 Å². The van der Waals surface area contributed by atoms with E-state index in [1.807, 2.05) is 19.1 Å². The Bertz CT molecular complexity index is 530. The number of anilines is 1. The van der Waals surface area contributed by atoms with Crippen LogP contribution in [-0.4, -0.2) is 21.6 Å². The van der Waals surface area contributed by atoms with Crippen molar-refractivity contribution in [2.24, 2.45) is 0 Å². The van der Waals surface area contributed by atoms with Gasteiger partial charge >= 0.3 is 0 Å². The zero-order valence-corrected chi connectivity index (χ0v) is 11.5. The van der Waals surface area contributed by atoms with Crippen LogP contribution in [0.2, 0.25) is 0 Å². The van der Waals surface area contributed by atoms with E-state index < -0.39 is 6.67 Å². The van der Waals surface area contributed by atoms with E-state index in [0.717, 1.165) is 11.1 Å². The number of para-hydroxylation sites is 1. The Morgan fingerprint density at radius 3 is 2.79 bits per heavy atom. The molecule has 0 saturated carbocycles. The molecule has 19 heavy (non-hydrogen) atoms. The van der Waals surface area contributed by atoms with Crippen LogP contribution < -0.4 is 5.32 Å². The minimum absolute atomic E-state index is 0. The number of aromatic hydroxyl groups is 1. The van der Waals surface area contributed by atoms with Gasteiger partial charge in [-0.15, -0.1) is 12.4 Å². The quantitative estimate of drug-likeness (QED) is 0.888. The van der Waals surface area contributed by atoms with E-state index >= 15 is 0 Å². The lowest BCUT2D eigenvalue weighted by Crippen LogP contribution is -2.04. The van der Waals surface area contributed by atoms with Crippen molar-refractivity contribution in [2.75, 3.05) is 12.0 Å². The first kappa shape index (κ1) is 15.3. The van der Waals surface area contributed by atoms with Crippen molar-refractivity contribution in [1.82, 2.24) is 9.78 Å². The van der Waals surface area contributed by atoms with Crippen LogP contribution in [-0.2, 0) is 13.1 Å². The second-order valence-electron chi connectivity index (χ2n) is 4.10. The van der Waals surface area contributed by atoms with Gasteiger partial charge in [0.25, 0.3) is 0 Å². The minimum Gasteiger partial charge on any atom is -0.508 e. The second kappa shape index (κ2) is 6.99. The average molecular weight is 286 g/mol. The lowest BCUT2D eigenvalue weighted by Gasteiger charge is -2.06. The smallest absolute Gasteiger partial charge is 0.151 e. The van der Waals surface area contributed by atoms with E-state index in [0.29, 0.717) is 12.4 Å². The fourth-order valence-corrected chi connectivity index (χ4v) is 1.74. The predicted molar refractivity (Wildman–Crippen MR) is 75.6 cm³/mol. The number of phenolic OH excluding ortho intramolecular Hbond substituents is 1. The van der Waals surface area contributed by atoms with Crippen molar-refractivity contribution in [1.29, 1.82) is 0 Å². The fourth-order valence-electron chi connectivity index (χ4n) is 1.74. The van der Waals surface area contributed by atoms with E-state index in [9.17, 15) is 9.50 Å². The molecule has 0 fully saturated rings. The van der Waals surface area contributed by atoms with Crippen molar-refractivity contribution in [3.63, 3.8) is 0 Å². The van der Waals surface area contributed by atoms with Gasteiger partial charge < -0.3 is 10.4 Å². The van der Waals surface area contributed by atoms with E-state index in [-0.39, 0.29) is 24.7 Å². The van der Waals surface area contributed by atoms with Crippen LogP contribution in [0.3, 0.4) is 0 Å². The average Bonchev–Trinajstić information content (AvgIpc) is 2.69. The van der Waals surface area contributed by atoms with E-state index in [1.54, 1.807) is 23.0 Å². The molecule has 0 aliphatic heterocycles. The Hall–Kier alpha value is -1.75. The molecule has 4 nitrogen and oxygen atoms in total. The fraction of sp³-hybridized carbons (Fsp3) is 0.308. The van der Waals surface area contributed by atoms with E-state index in [4.69, 9.17) is 0 Å². The first-order valence-corrected chi connectivity index (χ1v) is 5.81. The lowest BCUT2D eigenvalue weighted by molar-refractivity contribution is 0.427. The highest BCUT2D eigenvalue weighted by atomic mass is 35.5. The monoisotopic (exact) mass is 285 g/mol. The Balaban J connectivity index is 0.00000180. The highest BCUT2D eigenvalue weighted by molar-refractivity contribution is 5.85. The zero-order valence-electron chi connectivity index (χ0n) is 10.6. The molecule has 0 aliphatic rings. The molecule has 0 spiro atoms. The number of hydrogen-bond acceptors (Lipinski definition) is 3. The molecule has 2 aromatic rings. The molecule has 0 bridgehead atoms. The maximum absolute atomic E-state index is 12.2. The van der Waals surface area contributed by atoms with Crippen LogP contribution in [0.25, 0.3) is 0 Å². The number of alkyl halides is 1. The van der Waals surface area contributed by atoms with Gasteiger partial charge in [0.15, 0.2) is 5.82 Å². The van der Waals surface area contributed by atoms with Gasteiger partial charge in [0.1, 0.15) is 12.4 Å². The molecule has 0 saturated heterocycles. The van der Waals surface area contributed by atoms with Crippen LogP contribution >= 0.6 is 12.4 Å². The number of rotatable bonds is 5. The van der Waals surface area contributed by atoms with Crippen molar-refractivity contribution in [3.8, 4) is 5.75 Å². The molecule has 0 radical (unpaired) electrons. The van der Waals surface area contributed by atoms with Crippen molar-refractivity contribution in [2.45, 2.75) is 20.0 Å². The minimum atomic E-state index is -0.431. The molecule has 1 aromatic heterocycles. The summed E-state index contributed by atoms with van der Waals surface area (Å²) in [7, 11) is 0. The molecule has 0 amide bonds. The van der Waals surface area contributed by atoms with Gasteiger partial charge in [-0.05, 0) is 13.0 Å². The first-order valence-electron chi connectivity index (χ1n) is 5.81. The van der Waals surface area contributed by atoms with Crippen LogP contribution in [0.4, 0.5) is 10.2 Å². The normalized spacial score (nSPS) is 10.0. The van der Waals surface area contributed by atoms with E-state index in [2.05, 4.69) is 10.4 Å². The lowest BCUT2D eigenvalue weighted by atomic mass is 10.2. The molecular weight excluding hydrogens is 269 g/mol. The Morgan fingerprint density at radius 2 is 2.11 bits per heavy atom. The molecule has 2 N–H and O–H groups in total. The number of halogens is 2. The predicted octanol–water partition coefficient (Wildman–Crippen LogP) is 2.90. The Kier molecular flexibility index (Phi) is 5.63. The number of nitrogens with zero attached hydrogens (tertiary/aromatic N) is 2. The third kappa shape index (κ3) is 3.86. The SMILES string of the molecule is Cc1cn(CCF)nc1NCc1ccccc1O.Cl. The largest absolute Gasteiger partial charge is 0.508 e. The number of aromatic nitrogens is 2. The molecule has 0 aliphatic carbocycles. The van der Waals surface area contributed by atoms with Crippen molar-refractivity contribution >= 4 is 18.2 Å². The third-order valence-corrected chi connectivity index (χ3v) is 2.70. The van der Waals surface area contributed by atoms with Gasteiger partial charge in [-0.3, -0.25) is 4.68 Å². The molecule has 1 heterocycles. The van der Waals surface area contributed by atoms with Crippen molar-refractivity contribution in [3.05, 3.63) is 41.6 Å². The summed E-state index contributed by atoms with van der Waals surface area (Å²) in [6.07, 6.45) is 1.80. The maximum atomic E-state index is 12.2. The summed E-state index contributed by atoms with van der Waals surface area (Å²) < 4.78 is 13.8. The van der Waals surface area contributed by atoms with Gasteiger partial charge in [-0.25, -0.2) is 4.39 Å². The highest BCUT2D eigenvalue weighted by Gasteiger charge is 2.06. The molecule has 2 rings (SSSR count). The maximum Gasteiger partial charge on any atom is 0.151 e. The molecule has 0 atom stereocenters. The van der Waals surface area contributed by atoms with Crippen LogP contribution in [0, 0.1) is 6.92 Å². The highest BCUT2D eigenvalue weighted by Crippen LogP contribution is 2.18. The molecule has 1 aromatic carbocycles. The number of phenols is 1.